The molecule has 1 amide bonds. The highest BCUT2D eigenvalue weighted by Crippen LogP contribution is 2.33. The van der Waals surface area contributed by atoms with E-state index in [0.29, 0.717) is 29.0 Å². The molecule has 1 aliphatic rings. The highest BCUT2D eigenvalue weighted by molar-refractivity contribution is 7.91. The summed E-state index contributed by atoms with van der Waals surface area (Å²) in [5.74, 6) is -0.302. The molecule has 1 saturated heterocycles. The van der Waals surface area contributed by atoms with E-state index in [1.54, 1.807) is 41.3 Å². The average Bonchev–Trinajstić information content (AvgIpc) is 2.73. The van der Waals surface area contributed by atoms with Gasteiger partial charge in [-0.05, 0) is 49.6 Å². The minimum absolute atomic E-state index is 0.0261. The minimum atomic E-state index is -3.94. The van der Waals surface area contributed by atoms with Gasteiger partial charge in [0.2, 0.25) is 9.84 Å². The molecule has 0 atom stereocenters. The number of rotatable bonds is 3. The van der Waals surface area contributed by atoms with Crippen molar-refractivity contribution in [2.24, 2.45) is 0 Å². The summed E-state index contributed by atoms with van der Waals surface area (Å²) in [4.78, 5) is 19.4. The van der Waals surface area contributed by atoms with Gasteiger partial charge in [0.1, 0.15) is 0 Å². The zero-order chi connectivity index (χ0) is 19.7. The van der Waals surface area contributed by atoms with E-state index in [1.165, 1.54) is 18.3 Å². The summed E-state index contributed by atoms with van der Waals surface area (Å²) in [5, 5.41) is 0.751. The maximum Gasteiger partial charge on any atom is 0.256 e. The van der Waals surface area contributed by atoms with Gasteiger partial charge in [-0.25, -0.2) is 8.42 Å². The van der Waals surface area contributed by atoms with Crippen molar-refractivity contribution in [3.63, 3.8) is 0 Å². The van der Waals surface area contributed by atoms with Crippen LogP contribution in [-0.2, 0) is 9.84 Å². The lowest BCUT2D eigenvalue weighted by atomic mass is 10.1. The second kappa shape index (κ2) is 7.53. The molecule has 7 heteroatoms. The molecule has 1 aromatic heterocycles. The van der Waals surface area contributed by atoms with Gasteiger partial charge < -0.3 is 4.90 Å². The first-order valence-corrected chi connectivity index (χ1v) is 11.0. The van der Waals surface area contributed by atoms with Crippen molar-refractivity contribution in [3.8, 4) is 0 Å². The van der Waals surface area contributed by atoms with E-state index in [0.717, 1.165) is 19.3 Å². The first-order valence-electron chi connectivity index (χ1n) is 9.16. The van der Waals surface area contributed by atoms with Crippen LogP contribution in [0.25, 0.3) is 10.9 Å². The van der Waals surface area contributed by atoms with Crippen LogP contribution in [0, 0.1) is 0 Å². The summed E-state index contributed by atoms with van der Waals surface area (Å²) in [5.41, 5.74) is 0.578. The summed E-state index contributed by atoms with van der Waals surface area (Å²) < 4.78 is 27.1. The number of carbonyl (C=O) groups excluding carboxylic acids is 1. The summed E-state index contributed by atoms with van der Waals surface area (Å²) >= 11 is 6.15. The zero-order valence-corrected chi connectivity index (χ0v) is 16.7. The van der Waals surface area contributed by atoms with Crippen LogP contribution in [0.1, 0.15) is 29.6 Å². The topological polar surface area (TPSA) is 67.3 Å². The quantitative estimate of drug-likeness (QED) is 0.639. The van der Waals surface area contributed by atoms with Gasteiger partial charge in [0.15, 0.2) is 0 Å². The summed E-state index contributed by atoms with van der Waals surface area (Å²) in [6.07, 6.45) is 4.28. The van der Waals surface area contributed by atoms with Gasteiger partial charge in [0.25, 0.3) is 5.91 Å². The molecule has 1 fully saturated rings. The third kappa shape index (κ3) is 3.38. The van der Waals surface area contributed by atoms with E-state index in [-0.39, 0.29) is 21.3 Å². The Bertz CT molecular complexity index is 1140. The molecule has 4 rings (SSSR count). The van der Waals surface area contributed by atoms with Gasteiger partial charge in [-0.3, -0.25) is 9.78 Å². The molecule has 2 aromatic carbocycles. The second-order valence-corrected chi connectivity index (χ2v) is 9.15. The number of pyridine rings is 1. The Hall–Kier alpha value is -2.44. The molecule has 0 spiro atoms. The van der Waals surface area contributed by atoms with E-state index in [2.05, 4.69) is 4.98 Å². The summed E-state index contributed by atoms with van der Waals surface area (Å²) in [7, 11) is -3.94. The first kappa shape index (κ1) is 18.9. The van der Waals surface area contributed by atoms with Crippen molar-refractivity contribution >= 4 is 38.2 Å². The number of aromatic nitrogens is 1. The number of carbonyl (C=O) groups is 1. The molecule has 1 aliphatic heterocycles. The number of amides is 1. The molecular weight excluding hydrogens is 396 g/mol. The third-order valence-electron chi connectivity index (χ3n) is 4.98. The molecule has 0 radical (unpaired) electrons. The molecule has 0 unspecified atom stereocenters. The second-order valence-electron chi connectivity index (χ2n) is 6.83. The van der Waals surface area contributed by atoms with Gasteiger partial charge in [-0.1, -0.05) is 29.8 Å². The van der Waals surface area contributed by atoms with E-state index in [9.17, 15) is 13.2 Å². The van der Waals surface area contributed by atoms with Crippen molar-refractivity contribution in [2.45, 2.75) is 29.1 Å². The van der Waals surface area contributed by atoms with Crippen molar-refractivity contribution in [1.82, 2.24) is 9.88 Å². The van der Waals surface area contributed by atoms with Crippen LogP contribution in [0.3, 0.4) is 0 Å². The SMILES string of the molecule is O=C(c1cnc2ccc(Cl)cc2c1S(=O)(=O)c1ccccc1)N1CCCCC1. The Morgan fingerprint density at radius 3 is 2.43 bits per heavy atom. The van der Waals surface area contributed by atoms with Gasteiger partial charge in [0.05, 0.1) is 20.9 Å². The third-order valence-corrected chi connectivity index (χ3v) is 7.08. The van der Waals surface area contributed by atoms with Crippen LogP contribution >= 0.6 is 11.6 Å². The maximum atomic E-state index is 13.5. The largest absolute Gasteiger partial charge is 0.339 e. The van der Waals surface area contributed by atoms with Crippen LogP contribution in [0.5, 0.6) is 0 Å². The predicted octanol–water partition coefficient (Wildman–Crippen LogP) is 4.35. The number of sulfone groups is 1. The Kier molecular flexibility index (Phi) is 5.08. The number of nitrogens with zero attached hydrogens (tertiary/aromatic N) is 2. The highest BCUT2D eigenvalue weighted by atomic mass is 35.5. The summed E-state index contributed by atoms with van der Waals surface area (Å²) in [6, 6.07) is 13.0. The minimum Gasteiger partial charge on any atom is -0.339 e. The van der Waals surface area contributed by atoms with Gasteiger partial charge in [0, 0.05) is 29.7 Å². The maximum absolute atomic E-state index is 13.5. The Labute approximate surface area is 168 Å². The van der Waals surface area contributed by atoms with Gasteiger partial charge >= 0.3 is 0 Å². The van der Waals surface area contributed by atoms with Crippen molar-refractivity contribution in [2.75, 3.05) is 13.1 Å². The zero-order valence-electron chi connectivity index (χ0n) is 15.1. The van der Waals surface area contributed by atoms with Crippen LogP contribution in [0.4, 0.5) is 0 Å². The lowest BCUT2D eigenvalue weighted by molar-refractivity contribution is 0.0720. The molecule has 0 N–H and O–H groups in total. The number of halogens is 1. The number of fused-ring (bicyclic) bond motifs is 1. The smallest absolute Gasteiger partial charge is 0.256 e. The van der Waals surface area contributed by atoms with E-state index in [1.807, 2.05) is 0 Å². The fourth-order valence-electron chi connectivity index (χ4n) is 3.57. The predicted molar refractivity (Wildman–Crippen MR) is 108 cm³/mol. The Morgan fingerprint density at radius 2 is 1.71 bits per heavy atom. The molecule has 28 heavy (non-hydrogen) atoms. The van der Waals surface area contributed by atoms with E-state index in [4.69, 9.17) is 11.6 Å². The first-order chi connectivity index (χ1) is 13.5. The molecule has 0 aliphatic carbocycles. The lowest BCUT2D eigenvalue weighted by Crippen LogP contribution is -2.36. The van der Waals surface area contributed by atoms with Crippen LogP contribution in [0.15, 0.2) is 64.5 Å². The number of benzene rings is 2. The molecule has 3 aromatic rings. The number of piperidine rings is 1. The van der Waals surface area contributed by atoms with Gasteiger partial charge in [-0.2, -0.15) is 0 Å². The molecule has 5 nitrogen and oxygen atoms in total. The van der Waals surface area contributed by atoms with Crippen molar-refractivity contribution in [3.05, 3.63) is 65.3 Å². The lowest BCUT2D eigenvalue weighted by Gasteiger charge is -2.27. The average molecular weight is 415 g/mol. The normalized spacial score (nSPS) is 15.0. The highest BCUT2D eigenvalue weighted by Gasteiger charge is 2.30. The Morgan fingerprint density at radius 1 is 1.00 bits per heavy atom. The monoisotopic (exact) mass is 414 g/mol. The van der Waals surface area contributed by atoms with Crippen LogP contribution < -0.4 is 0 Å². The van der Waals surface area contributed by atoms with Crippen LogP contribution in [-0.4, -0.2) is 37.3 Å². The number of hydrogen-bond acceptors (Lipinski definition) is 4. The van der Waals surface area contributed by atoms with E-state index < -0.39 is 9.84 Å². The van der Waals surface area contributed by atoms with Crippen LogP contribution in [0.2, 0.25) is 5.02 Å². The fraction of sp³-hybridized carbons (Fsp3) is 0.238. The Balaban J connectivity index is 1.98. The molecular formula is C21H19ClN2O3S. The fourth-order valence-corrected chi connectivity index (χ4v) is 5.37. The van der Waals surface area contributed by atoms with Crippen molar-refractivity contribution in [1.29, 1.82) is 0 Å². The number of likely N-dealkylation sites (tertiary alicyclic amines) is 1. The molecule has 2 heterocycles. The van der Waals surface area contributed by atoms with Crippen molar-refractivity contribution < 1.29 is 13.2 Å². The number of hydrogen-bond donors (Lipinski definition) is 0. The van der Waals surface area contributed by atoms with E-state index >= 15 is 0 Å². The van der Waals surface area contributed by atoms with Gasteiger partial charge in [-0.15, -0.1) is 0 Å². The molecule has 0 bridgehead atoms. The summed E-state index contributed by atoms with van der Waals surface area (Å²) in [6.45, 7) is 1.24. The molecule has 0 saturated carbocycles. The standard InChI is InChI=1S/C21H19ClN2O3S/c22-15-9-10-19-17(13-15)20(28(26,27)16-7-3-1-4-8-16)18(14-23-19)21(25)24-11-5-2-6-12-24/h1,3-4,7-10,13-14H,2,5-6,11-12H2. The molecule has 144 valence electrons.